The maximum Gasteiger partial charge on any atom is 0.169 e. The van der Waals surface area contributed by atoms with Gasteiger partial charge in [-0.3, -0.25) is 4.98 Å². The van der Waals surface area contributed by atoms with E-state index in [-0.39, 0.29) is 0 Å². The number of rotatable bonds is 6. The zero-order valence-corrected chi connectivity index (χ0v) is 11.2. The molecule has 2 aromatic rings. The van der Waals surface area contributed by atoms with Crippen molar-refractivity contribution in [2.45, 2.75) is 13.5 Å². The second kappa shape index (κ2) is 6.75. The number of hydrogen-bond acceptors (Lipinski definition) is 4. The Morgan fingerprint density at radius 1 is 1.16 bits per heavy atom. The second-order valence-electron chi connectivity index (χ2n) is 4.04. The van der Waals surface area contributed by atoms with Crippen LogP contribution >= 0.6 is 0 Å². The average molecular weight is 258 g/mol. The lowest BCUT2D eigenvalue weighted by Gasteiger charge is -2.11. The van der Waals surface area contributed by atoms with Gasteiger partial charge < -0.3 is 14.8 Å². The summed E-state index contributed by atoms with van der Waals surface area (Å²) in [5, 5.41) is 3.09. The van der Waals surface area contributed by atoms with Gasteiger partial charge >= 0.3 is 0 Å². The van der Waals surface area contributed by atoms with Gasteiger partial charge in [-0.2, -0.15) is 0 Å². The molecule has 0 radical (unpaired) electrons. The van der Waals surface area contributed by atoms with E-state index in [9.17, 15) is 0 Å². The summed E-state index contributed by atoms with van der Waals surface area (Å²) < 4.78 is 11.4. The van der Waals surface area contributed by atoms with E-state index in [0.717, 1.165) is 17.9 Å². The van der Waals surface area contributed by atoms with Gasteiger partial charge in [-0.1, -0.05) is 12.1 Å². The highest BCUT2D eigenvalue weighted by molar-refractivity contribution is 5.42. The molecule has 0 aliphatic carbocycles. The summed E-state index contributed by atoms with van der Waals surface area (Å²) in [5.74, 6) is 2.15. The van der Waals surface area contributed by atoms with Gasteiger partial charge in [-0.05, 0) is 37.7 Å². The number of para-hydroxylation sites is 2. The van der Waals surface area contributed by atoms with Gasteiger partial charge in [-0.25, -0.2) is 0 Å². The van der Waals surface area contributed by atoms with Crippen molar-refractivity contribution in [3.63, 3.8) is 0 Å². The monoisotopic (exact) mass is 258 g/mol. The van der Waals surface area contributed by atoms with Crippen molar-refractivity contribution in [3.05, 3.63) is 48.3 Å². The van der Waals surface area contributed by atoms with Crippen molar-refractivity contribution >= 4 is 0 Å². The van der Waals surface area contributed by atoms with Crippen LogP contribution in [-0.2, 0) is 6.54 Å². The summed E-state index contributed by atoms with van der Waals surface area (Å²) in [6.07, 6.45) is 3.51. The van der Waals surface area contributed by atoms with Crippen LogP contribution in [0.2, 0.25) is 0 Å². The van der Waals surface area contributed by atoms with E-state index < -0.39 is 0 Å². The molecule has 0 saturated carbocycles. The third-order valence-electron chi connectivity index (χ3n) is 2.53. The Bertz CT molecular complexity index is 529. The van der Waals surface area contributed by atoms with Gasteiger partial charge in [0.25, 0.3) is 0 Å². The van der Waals surface area contributed by atoms with Crippen molar-refractivity contribution in [1.82, 2.24) is 10.3 Å². The molecule has 4 heteroatoms. The van der Waals surface area contributed by atoms with Crippen LogP contribution in [0.4, 0.5) is 0 Å². The third-order valence-corrected chi connectivity index (χ3v) is 2.53. The lowest BCUT2D eigenvalue weighted by atomic mass is 10.2. The van der Waals surface area contributed by atoms with Gasteiger partial charge in [0.2, 0.25) is 0 Å². The molecule has 0 aliphatic rings. The maximum atomic E-state index is 5.83. The average Bonchev–Trinajstić information content (AvgIpc) is 2.42. The van der Waals surface area contributed by atoms with E-state index in [1.54, 1.807) is 6.20 Å². The summed E-state index contributed by atoms with van der Waals surface area (Å²) >= 11 is 0. The first-order valence-corrected chi connectivity index (χ1v) is 6.31. The highest BCUT2D eigenvalue weighted by Crippen LogP contribution is 2.31. The predicted octanol–water partition coefficient (Wildman–Crippen LogP) is 2.99. The summed E-state index contributed by atoms with van der Waals surface area (Å²) in [6.45, 7) is 3.32. The smallest absolute Gasteiger partial charge is 0.169 e. The molecule has 0 amide bonds. The molecular weight excluding hydrogens is 240 g/mol. The fourth-order valence-corrected chi connectivity index (χ4v) is 1.76. The van der Waals surface area contributed by atoms with Gasteiger partial charge in [0.05, 0.1) is 12.8 Å². The van der Waals surface area contributed by atoms with Crippen molar-refractivity contribution in [2.24, 2.45) is 0 Å². The molecule has 2 rings (SSSR count). The van der Waals surface area contributed by atoms with Crippen LogP contribution in [0.3, 0.4) is 0 Å². The number of aromatic nitrogens is 1. The number of nitrogens with zero attached hydrogens (tertiary/aromatic N) is 1. The molecule has 19 heavy (non-hydrogen) atoms. The highest BCUT2D eigenvalue weighted by atomic mass is 16.5. The van der Waals surface area contributed by atoms with E-state index in [4.69, 9.17) is 9.47 Å². The number of ether oxygens (including phenoxy) is 2. The van der Waals surface area contributed by atoms with Gasteiger partial charge in [0.15, 0.2) is 11.5 Å². The van der Waals surface area contributed by atoms with Crippen molar-refractivity contribution in [1.29, 1.82) is 0 Å². The molecule has 1 aromatic carbocycles. The van der Waals surface area contributed by atoms with E-state index in [1.807, 2.05) is 50.5 Å². The number of benzene rings is 1. The molecule has 1 N–H and O–H groups in total. The molecule has 1 aromatic heterocycles. The molecule has 0 atom stereocenters. The molecular formula is C15H18N2O2. The quantitative estimate of drug-likeness (QED) is 0.865. The molecule has 0 bridgehead atoms. The standard InChI is InChI=1S/C15H18N2O2/c1-3-18-14-6-4-5-7-15(14)19-13-8-12(9-16-2)10-17-11-13/h4-8,10-11,16H,3,9H2,1-2H3. The molecule has 100 valence electrons. The molecule has 0 unspecified atom stereocenters. The van der Waals surface area contributed by atoms with Crippen LogP contribution in [0.5, 0.6) is 17.2 Å². The fourth-order valence-electron chi connectivity index (χ4n) is 1.76. The molecule has 1 heterocycles. The van der Waals surface area contributed by atoms with Gasteiger partial charge in [0, 0.05) is 12.7 Å². The SMILES string of the molecule is CCOc1ccccc1Oc1cncc(CNC)c1. The van der Waals surface area contributed by atoms with E-state index in [1.165, 1.54) is 0 Å². The predicted molar refractivity (Wildman–Crippen MR) is 74.7 cm³/mol. The summed E-state index contributed by atoms with van der Waals surface area (Å²) in [6, 6.07) is 9.59. The van der Waals surface area contributed by atoms with E-state index in [2.05, 4.69) is 10.3 Å². The van der Waals surface area contributed by atoms with Crippen LogP contribution in [0.25, 0.3) is 0 Å². The number of hydrogen-bond donors (Lipinski definition) is 1. The minimum Gasteiger partial charge on any atom is -0.490 e. The van der Waals surface area contributed by atoms with E-state index in [0.29, 0.717) is 18.1 Å². The molecule has 0 spiro atoms. The van der Waals surface area contributed by atoms with Crippen molar-refractivity contribution in [3.8, 4) is 17.2 Å². The zero-order chi connectivity index (χ0) is 13.5. The maximum absolute atomic E-state index is 5.83. The van der Waals surface area contributed by atoms with Crippen LogP contribution in [0.15, 0.2) is 42.7 Å². The Balaban J connectivity index is 2.18. The van der Waals surface area contributed by atoms with Crippen LogP contribution < -0.4 is 14.8 Å². The number of nitrogens with one attached hydrogen (secondary N) is 1. The Kier molecular flexibility index (Phi) is 4.75. The Morgan fingerprint density at radius 3 is 2.68 bits per heavy atom. The summed E-state index contributed by atoms with van der Waals surface area (Å²) in [5.41, 5.74) is 1.08. The van der Waals surface area contributed by atoms with Gasteiger partial charge in [-0.15, -0.1) is 0 Å². The second-order valence-corrected chi connectivity index (χ2v) is 4.04. The molecule has 4 nitrogen and oxygen atoms in total. The third kappa shape index (κ3) is 3.69. The summed E-state index contributed by atoms with van der Waals surface area (Å²) in [7, 11) is 1.90. The summed E-state index contributed by atoms with van der Waals surface area (Å²) in [4.78, 5) is 4.17. The molecule has 0 aliphatic heterocycles. The first kappa shape index (κ1) is 13.4. The van der Waals surface area contributed by atoms with E-state index >= 15 is 0 Å². The highest BCUT2D eigenvalue weighted by Gasteiger charge is 2.05. The topological polar surface area (TPSA) is 43.4 Å². The minimum atomic E-state index is 0.610. The zero-order valence-electron chi connectivity index (χ0n) is 11.2. The molecule has 0 fully saturated rings. The van der Waals surface area contributed by atoms with Gasteiger partial charge in [0.1, 0.15) is 5.75 Å². The van der Waals surface area contributed by atoms with Crippen LogP contribution in [0.1, 0.15) is 12.5 Å². The number of pyridine rings is 1. The Labute approximate surface area is 113 Å². The first-order chi connectivity index (χ1) is 9.33. The molecule has 0 saturated heterocycles. The lowest BCUT2D eigenvalue weighted by molar-refractivity contribution is 0.321. The van der Waals surface area contributed by atoms with Crippen molar-refractivity contribution < 1.29 is 9.47 Å². The minimum absolute atomic E-state index is 0.610. The largest absolute Gasteiger partial charge is 0.490 e. The fraction of sp³-hybridized carbons (Fsp3) is 0.267. The van der Waals surface area contributed by atoms with Crippen molar-refractivity contribution in [2.75, 3.05) is 13.7 Å². The Hall–Kier alpha value is -2.07. The Morgan fingerprint density at radius 2 is 1.95 bits per heavy atom. The lowest BCUT2D eigenvalue weighted by Crippen LogP contribution is -2.05. The van der Waals surface area contributed by atoms with Crippen LogP contribution in [-0.4, -0.2) is 18.6 Å². The normalized spacial score (nSPS) is 10.2. The van der Waals surface area contributed by atoms with Crippen LogP contribution in [0, 0.1) is 0 Å². The first-order valence-electron chi connectivity index (χ1n) is 6.31.